The molecule has 0 saturated heterocycles. The van der Waals surface area contributed by atoms with Crippen LogP contribution < -0.4 is 4.90 Å². The number of phenols is 1. The van der Waals surface area contributed by atoms with Crippen molar-refractivity contribution in [2.45, 2.75) is 19.8 Å². The summed E-state index contributed by atoms with van der Waals surface area (Å²) in [7, 11) is 2.03. The zero-order valence-corrected chi connectivity index (χ0v) is 10.9. The Morgan fingerprint density at radius 1 is 0.889 bits per heavy atom. The Morgan fingerprint density at radius 3 is 1.89 bits per heavy atom. The lowest BCUT2D eigenvalue weighted by atomic mass is 10.1. The SMILES string of the molecule is CCCc1ccc(N(C)c2ccc(O)cc2)cc1. The summed E-state index contributed by atoms with van der Waals surface area (Å²) in [5, 5.41) is 9.29. The predicted molar refractivity (Wildman–Crippen MR) is 76.6 cm³/mol. The molecule has 0 aromatic heterocycles. The van der Waals surface area contributed by atoms with Gasteiger partial charge < -0.3 is 10.0 Å². The van der Waals surface area contributed by atoms with Gasteiger partial charge in [-0.1, -0.05) is 25.5 Å². The van der Waals surface area contributed by atoms with Crippen LogP contribution in [-0.4, -0.2) is 12.2 Å². The minimum atomic E-state index is 0.297. The minimum Gasteiger partial charge on any atom is -0.508 e. The molecule has 0 bridgehead atoms. The first kappa shape index (κ1) is 12.5. The summed E-state index contributed by atoms with van der Waals surface area (Å²) >= 11 is 0. The summed E-state index contributed by atoms with van der Waals surface area (Å²) in [5.74, 6) is 0.297. The standard InChI is InChI=1S/C16H19NO/c1-3-4-13-5-7-14(8-6-13)17(2)15-9-11-16(18)12-10-15/h5-12,18H,3-4H2,1-2H3. The molecule has 0 atom stereocenters. The Bertz CT molecular complexity index is 488. The van der Waals surface area contributed by atoms with Gasteiger partial charge in [-0.05, 0) is 48.4 Å². The van der Waals surface area contributed by atoms with E-state index >= 15 is 0 Å². The lowest BCUT2D eigenvalue weighted by Gasteiger charge is -2.19. The van der Waals surface area contributed by atoms with Crippen LogP contribution in [-0.2, 0) is 6.42 Å². The lowest BCUT2D eigenvalue weighted by molar-refractivity contribution is 0.475. The van der Waals surface area contributed by atoms with E-state index in [1.54, 1.807) is 12.1 Å². The second-order valence-electron chi connectivity index (χ2n) is 4.49. The minimum absolute atomic E-state index is 0.297. The van der Waals surface area contributed by atoms with Gasteiger partial charge in [0.25, 0.3) is 0 Å². The van der Waals surface area contributed by atoms with E-state index in [0.717, 1.165) is 17.8 Å². The predicted octanol–water partition coefficient (Wildman–Crippen LogP) is 4.11. The van der Waals surface area contributed by atoms with Gasteiger partial charge in [-0.3, -0.25) is 0 Å². The lowest BCUT2D eigenvalue weighted by Crippen LogP contribution is -2.08. The molecule has 2 heteroatoms. The van der Waals surface area contributed by atoms with Crippen LogP contribution in [0, 0.1) is 0 Å². The molecule has 0 aliphatic rings. The van der Waals surface area contributed by atoms with Crippen molar-refractivity contribution in [3.8, 4) is 5.75 Å². The van der Waals surface area contributed by atoms with Gasteiger partial charge in [-0.2, -0.15) is 0 Å². The number of aryl methyl sites for hydroxylation is 1. The Hall–Kier alpha value is -1.96. The van der Waals surface area contributed by atoms with E-state index in [-0.39, 0.29) is 0 Å². The molecule has 2 aromatic rings. The summed E-state index contributed by atoms with van der Waals surface area (Å²) < 4.78 is 0. The van der Waals surface area contributed by atoms with Crippen molar-refractivity contribution in [3.05, 3.63) is 54.1 Å². The second-order valence-corrected chi connectivity index (χ2v) is 4.49. The van der Waals surface area contributed by atoms with Crippen LogP contribution in [0.3, 0.4) is 0 Å². The van der Waals surface area contributed by atoms with Crippen molar-refractivity contribution in [1.82, 2.24) is 0 Å². The number of phenolic OH excluding ortho intramolecular Hbond substituents is 1. The molecular formula is C16H19NO. The molecule has 2 nitrogen and oxygen atoms in total. The van der Waals surface area contributed by atoms with Gasteiger partial charge in [0.15, 0.2) is 0 Å². The molecule has 2 aromatic carbocycles. The maximum absolute atomic E-state index is 9.29. The summed E-state index contributed by atoms with van der Waals surface area (Å²) in [6, 6.07) is 15.9. The molecule has 2 rings (SSSR count). The van der Waals surface area contributed by atoms with Crippen molar-refractivity contribution >= 4 is 11.4 Å². The zero-order chi connectivity index (χ0) is 13.0. The number of hydrogen-bond donors (Lipinski definition) is 1. The van der Waals surface area contributed by atoms with Gasteiger partial charge in [-0.25, -0.2) is 0 Å². The molecule has 1 N–H and O–H groups in total. The van der Waals surface area contributed by atoms with E-state index in [4.69, 9.17) is 0 Å². The topological polar surface area (TPSA) is 23.5 Å². The van der Waals surface area contributed by atoms with Gasteiger partial charge in [0.1, 0.15) is 5.75 Å². The first-order valence-corrected chi connectivity index (χ1v) is 6.32. The molecule has 0 aliphatic carbocycles. The molecule has 18 heavy (non-hydrogen) atoms. The highest BCUT2D eigenvalue weighted by Crippen LogP contribution is 2.25. The van der Waals surface area contributed by atoms with Crippen molar-refractivity contribution in [3.63, 3.8) is 0 Å². The third-order valence-electron chi connectivity index (χ3n) is 3.10. The number of anilines is 2. The largest absolute Gasteiger partial charge is 0.508 e. The van der Waals surface area contributed by atoms with Gasteiger partial charge in [0.05, 0.1) is 0 Å². The fourth-order valence-electron chi connectivity index (χ4n) is 2.00. The van der Waals surface area contributed by atoms with Gasteiger partial charge >= 0.3 is 0 Å². The van der Waals surface area contributed by atoms with Crippen LogP contribution in [0.4, 0.5) is 11.4 Å². The molecule has 0 aliphatic heterocycles. The van der Waals surface area contributed by atoms with Gasteiger partial charge in [0, 0.05) is 18.4 Å². The molecular weight excluding hydrogens is 222 g/mol. The molecule has 0 unspecified atom stereocenters. The average molecular weight is 241 g/mol. The van der Waals surface area contributed by atoms with E-state index in [0.29, 0.717) is 5.75 Å². The first-order chi connectivity index (χ1) is 8.70. The number of aromatic hydroxyl groups is 1. The molecule has 0 fully saturated rings. The third kappa shape index (κ3) is 2.83. The Morgan fingerprint density at radius 2 is 1.39 bits per heavy atom. The smallest absolute Gasteiger partial charge is 0.115 e. The van der Waals surface area contributed by atoms with E-state index in [2.05, 4.69) is 36.1 Å². The summed E-state index contributed by atoms with van der Waals surface area (Å²) in [5.41, 5.74) is 3.59. The number of nitrogens with zero attached hydrogens (tertiary/aromatic N) is 1. The molecule has 0 spiro atoms. The summed E-state index contributed by atoms with van der Waals surface area (Å²) in [6.45, 7) is 2.19. The average Bonchev–Trinajstić information content (AvgIpc) is 2.40. The van der Waals surface area contributed by atoms with Crippen LogP contribution in [0.25, 0.3) is 0 Å². The van der Waals surface area contributed by atoms with Crippen LogP contribution in [0.15, 0.2) is 48.5 Å². The quantitative estimate of drug-likeness (QED) is 0.870. The van der Waals surface area contributed by atoms with Crippen LogP contribution >= 0.6 is 0 Å². The highest BCUT2D eigenvalue weighted by atomic mass is 16.3. The number of rotatable bonds is 4. The molecule has 0 amide bonds. The maximum atomic E-state index is 9.29. The van der Waals surface area contributed by atoms with Crippen molar-refractivity contribution in [2.24, 2.45) is 0 Å². The fraction of sp³-hybridized carbons (Fsp3) is 0.250. The van der Waals surface area contributed by atoms with Crippen LogP contribution in [0.1, 0.15) is 18.9 Å². The first-order valence-electron chi connectivity index (χ1n) is 6.32. The normalized spacial score (nSPS) is 10.3. The Kier molecular flexibility index (Phi) is 3.88. The third-order valence-corrected chi connectivity index (χ3v) is 3.10. The number of hydrogen-bond acceptors (Lipinski definition) is 2. The molecule has 0 saturated carbocycles. The zero-order valence-electron chi connectivity index (χ0n) is 10.9. The van der Waals surface area contributed by atoms with Crippen molar-refractivity contribution < 1.29 is 5.11 Å². The Labute approximate surface area is 109 Å². The van der Waals surface area contributed by atoms with E-state index in [1.807, 2.05) is 19.2 Å². The Balaban J connectivity index is 2.17. The van der Waals surface area contributed by atoms with Crippen LogP contribution in [0.2, 0.25) is 0 Å². The van der Waals surface area contributed by atoms with Gasteiger partial charge in [0.2, 0.25) is 0 Å². The highest BCUT2D eigenvalue weighted by molar-refractivity contribution is 5.63. The highest BCUT2D eigenvalue weighted by Gasteiger charge is 2.03. The van der Waals surface area contributed by atoms with Crippen molar-refractivity contribution in [1.29, 1.82) is 0 Å². The summed E-state index contributed by atoms with van der Waals surface area (Å²) in [4.78, 5) is 2.11. The van der Waals surface area contributed by atoms with Crippen molar-refractivity contribution in [2.75, 3.05) is 11.9 Å². The van der Waals surface area contributed by atoms with E-state index < -0.39 is 0 Å². The van der Waals surface area contributed by atoms with Gasteiger partial charge in [-0.15, -0.1) is 0 Å². The second kappa shape index (κ2) is 5.58. The number of benzene rings is 2. The molecule has 0 heterocycles. The van der Waals surface area contributed by atoms with E-state index in [9.17, 15) is 5.11 Å². The maximum Gasteiger partial charge on any atom is 0.115 e. The monoisotopic (exact) mass is 241 g/mol. The fourth-order valence-corrected chi connectivity index (χ4v) is 2.00. The van der Waals surface area contributed by atoms with E-state index in [1.165, 1.54) is 12.0 Å². The molecule has 0 radical (unpaired) electrons. The summed E-state index contributed by atoms with van der Waals surface area (Å²) in [6.07, 6.45) is 2.30. The molecule has 94 valence electrons. The van der Waals surface area contributed by atoms with Crippen LogP contribution in [0.5, 0.6) is 5.75 Å².